The highest BCUT2D eigenvalue weighted by Gasteiger charge is 2.29. The highest BCUT2D eigenvalue weighted by Crippen LogP contribution is 2.30. The number of aryl methyl sites for hydroxylation is 2. The van der Waals surface area contributed by atoms with Gasteiger partial charge in [-0.25, -0.2) is 4.79 Å². The van der Waals surface area contributed by atoms with Gasteiger partial charge in [-0.05, 0) is 93.5 Å². The van der Waals surface area contributed by atoms with Crippen LogP contribution in [-0.2, 0) is 24.7 Å². The molecule has 0 aliphatic carbocycles. The third kappa shape index (κ3) is 6.39. The molecule has 4 rings (SSSR count). The number of hydrogen-bond donors (Lipinski definition) is 2. The Kier molecular flexibility index (Phi) is 8.67. The summed E-state index contributed by atoms with van der Waals surface area (Å²) in [6.45, 7) is 9.36. The molecule has 0 aliphatic heterocycles. The number of hydrogen-bond acceptors (Lipinski definition) is 3. The minimum atomic E-state index is -1.32. The number of benzene rings is 3. The maximum Gasteiger partial charge on any atom is 0.347 e. The first-order valence-electron chi connectivity index (χ1n) is 14.0. The van der Waals surface area contributed by atoms with Gasteiger partial charge in [0.05, 0.1) is 6.04 Å². The number of amides is 1. The van der Waals surface area contributed by atoms with E-state index < -0.39 is 11.6 Å². The van der Waals surface area contributed by atoms with Crippen LogP contribution in [-0.4, -0.2) is 27.2 Å². The molecule has 0 aliphatic rings. The molecule has 1 aromatic heterocycles. The van der Waals surface area contributed by atoms with Crippen LogP contribution >= 0.6 is 0 Å². The number of rotatable bonds is 11. The summed E-state index contributed by atoms with van der Waals surface area (Å²) in [4.78, 5) is 24.7. The van der Waals surface area contributed by atoms with Gasteiger partial charge in [-0.2, -0.15) is 0 Å². The lowest BCUT2D eigenvalue weighted by atomic mass is 10.0. The summed E-state index contributed by atoms with van der Waals surface area (Å²) in [6.07, 6.45) is 4.10. The molecule has 3 aromatic carbocycles. The van der Waals surface area contributed by atoms with Crippen LogP contribution in [0.2, 0.25) is 0 Å². The normalized spacial score (nSPS) is 12.3. The van der Waals surface area contributed by atoms with Crippen molar-refractivity contribution in [3.05, 3.63) is 100 Å². The number of nitrogens with zero attached hydrogens (tertiary/aromatic N) is 1. The van der Waals surface area contributed by atoms with Gasteiger partial charge in [-0.1, -0.05) is 55.8 Å². The fourth-order valence-electron chi connectivity index (χ4n) is 4.99. The van der Waals surface area contributed by atoms with E-state index in [0.29, 0.717) is 17.7 Å². The Balaban J connectivity index is 1.52. The minimum absolute atomic E-state index is 0.101. The van der Waals surface area contributed by atoms with Crippen molar-refractivity contribution in [2.75, 3.05) is 0 Å². The lowest BCUT2D eigenvalue weighted by Crippen LogP contribution is -2.37. The van der Waals surface area contributed by atoms with Crippen molar-refractivity contribution in [3.63, 3.8) is 0 Å². The molecule has 1 amide bonds. The average Bonchev–Trinajstić information content (AvgIpc) is 3.16. The third-order valence-electron chi connectivity index (χ3n) is 7.70. The van der Waals surface area contributed by atoms with Crippen LogP contribution in [0.1, 0.15) is 84.9 Å². The molecule has 0 radical (unpaired) electrons. The van der Waals surface area contributed by atoms with Gasteiger partial charge in [0.2, 0.25) is 0 Å². The zero-order chi connectivity index (χ0) is 29.0. The summed E-state index contributed by atoms with van der Waals surface area (Å²) in [5, 5.41) is 13.6. The summed E-state index contributed by atoms with van der Waals surface area (Å²) in [5.74, 6) is -0.598. The standard InChI is InChI=1S/C34H40N2O4/c1-7-8-10-24-13-15-26(16-14-24)22(2)35-32(37)27-17-18-29-30(23(3)36(6)31(29)21-27)20-25-11-9-12-28(19-25)40-34(4,5)33(38)39/h9,11-19,21-22H,7-8,10,20H2,1-6H3,(H,35,37)(H,38,39). The van der Waals surface area contributed by atoms with E-state index in [1.165, 1.54) is 32.3 Å². The average molecular weight is 541 g/mol. The number of aromatic nitrogens is 1. The van der Waals surface area contributed by atoms with Crippen LogP contribution in [0.5, 0.6) is 5.75 Å². The Bertz CT molecular complexity index is 1520. The fourth-order valence-corrected chi connectivity index (χ4v) is 4.99. The van der Waals surface area contributed by atoms with Gasteiger partial charge < -0.3 is 19.7 Å². The van der Waals surface area contributed by atoms with E-state index in [1.54, 1.807) is 6.07 Å². The van der Waals surface area contributed by atoms with Gasteiger partial charge in [0, 0.05) is 29.2 Å². The summed E-state index contributed by atoms with van der Waals surface area (Å²) >= 11 is 0. The highest BCUT2D eigenvalue weighted by atomic mass is 16.5. The fraction of sp³-hybridized carbons (Fsp3) is 0.353. The molecule has 0 spiro atoms. The molecule has 1 atom stereocenters. The maximum absolute atomic E-state index is 13.2. The smallest absolute Gasteiger partial charge is 0.347 e. The van der Waals surface area contributed by atoms with E-state index in [2.05, 4.69) is 48.0 Å². The van der Waals surface area contributed by atoms with Crippen molar-refractivity contribution < 1.29 is 19.4 Å². The van der Waals surface area contributed by atoms with Crippen LogP contribution in [0.15, 0.2) is 66.7 Å². The van der Waals surface area contributed by atoms with Gasteiger partial charge in [0.25, 0.3) is 5.91 Å². The molecule has 0 fully saturated rings. The molecule has 0 saturated carbocycles. The Morgan fingerprint density at radius 2 is 1.75 bits per heavy atom. The first kappa shape index (κ1) is 28.9. The summed E-state index contributed by atoms with van der Waals surface area (Å²) in [6, 6.07) is 21.8. The number of aliphatic carboxylic acids is 1. The summed E-state index contributed by atoms with van der Waals surface area (Å²) < 4.78 is 7.86. The van der Waals surface area contributed by atoms with Crippen molar-refractivity contribution >= 4 is 22.8 Å². The van der Waals surface area contributed by atoms with Crippen molar-refractivity contribution in [2.24, 2.45) is 7.05 Å². The van der Waals surface area contributed by atoms with Crippen LogP contribution in [0, 0.1) is 6.92 Å². The van der Waals surface area contributed by atoms with Crippen LogP contribution in [0.4, 0.5) is 0 Å². The molecule has 6 nitrogen and oxygen atoms in total. The Morgan fingerprint density at radius 1 is 1.02 bits per heavy atom. The van der Waals surface area contributed by atoms with E-state index >= 15 is 0 Å². The zero-order valence-corrected chi connectivity index (χ0v) is 24.4. The predicted octanol–water partition coefficient (Wildman–Crippen LogP) is 7.15. The van der Waals surface area contributed by atoms with Crippen molar-refractivity contribution in [3.8, 4) is 5.75 Å². The van der Waals surface area contributed by atoms with Gasteiger partial charge in [0.15, 0.2) is 5.60 Å². The van der Waals surface area contributed by atoms with E-state index in [4.69, 9.17) is 4.74 Å². The Labute approximate surface area is 237 Å². The van der Waals surface area contributed by atoms with Crippen LogP contribution in [0.25, 0.3) is 10.9 Å². The molecule has 0 bridgehead atoms. The molecule has 1 unspecified atom stereocenters. The van der Waals surface area contributed by atoms with Crippen molar-refractivity contribution in [1.82, 2.24) is 9.88 Å². The molecule has 4 aromatic rings. The van der Waals surface area contributed by atoms with Gasteiger partial charge in [0.1, 0.15) is 5.75 Å². The first-order valence-corrected chi connectivity index (χ1v) is 14.0. The molecule has 2 N–H and O–H groups in total. The highest BCUT2D eigenvalue weighted by molar-refractivity contribution is 5.99. The lowest BCUT2D eigenvalue weighted by Gasteiger charge is -2.21. The van der Waals surface area contributed by atoms with Crippen LogP contribution in [0.3, 0.4) is 0 Å². The van der Waals surface area contributed by atoms with E-state index in [1.807, 2.05) is 50.4 Å². The molecular weight excluding hydrogens is 500 g/mol. The maximum atomic E-state index is 13.2. The van der Waals surface area contributed by atoms with Gasteiger partial charge >= 0.3 is 5.97 Å². The lowest BCUT2D eigenvalue weighted by molar-refractivity contribution is -0.152. The number of carboxylic acids is 1. The van der Waals surface area contributed by atoms with Crippen molar-refractivity contribution in [2.45, 2.75) is 71.9 Å². The second-order valence-electron chi connectivity index (χ2n) is 11.1. The zero-order valence-electron chi connectivity index (χ0n) is 24.4. The number of carboxylic acid groups (broad SMARTS) is 1. The molecule has 40 heavy (non-hydrogen) atoms. The van der Waals surface area contributed by atoms with Crippen LogP contribution < -0.4 is 10.1 Å². The number of fused-ring (bicyclic) bond motifs is 1. The third-order valence-corrected chi connectivity index (χ3v) is 7.70. The molecule has 0 saturated heterocycles. The molecular formula is C34H40N2O4. The minimum Gasteiger partial charge on any atom is -0.478 e. The summed E-state index contributed by atoms with van der Waals surface area (Å²) in [7, 11) is 2.01. The Morgan fingerprint density at radius 3 is 2.42 bits per heavy atom. The van der Waals surface area contributed by atoms with Gasteiger partial charge in [-0.3, -0.25) is 4.79 Å². The largest absolute Gasteiger partial charge is 0.478 e. The number of carbonyl (C=O) groups excluding carboxylic acids is 1. The summed E-state index contributed by atoms with van der Waals surface area (Å²) in [5.41, 5.74) is 6.01. The first-order chi connectivity index (χ1) is 19.0. The number of unbranched alkanes of at least 4 members (excludes halogenated alkanes) is 1. The number of ether oxygens (including phenoxy) is 1. The second-order valence-corrected chi connectivity index (χ2v) is 11.1. The van der Waals surface area contributed by atoms with E-state index in [9.17, 15) is 14.7 Å². The predicted molar refractivity (Wildman–Crippen MR) is 160 cm³/mol. The van der Waals surface area contributed by atoms with E-state index in [0.717, 1.165) is 39.7 Å². The molecule has 1 heterocycles. The monoisotopic (exact) mass is 540 g/mol. The van der Waals surface area contributed by atoms with E-state index in [-0.39, 0.29) is 11.9 Å². The topological polar surface area (TPSA) is 80.6 Å². The molecule has 210 valence electrons. The van der Waals surface area contributed by atoms with Gasteiger partial charge in [-0.15, -0.1) is 0 Å². The molecule has 6 heteroatoms. The van der Waals surface area contributed by atoms with Crippen molar-refractivity contribution in [1.29, 1.82) is 0 Å². The quantitative estimate of drug-likeness (QED) is 0.212. The SMILES string of the molecule is CCCCc1ccc(C(C)NC(=O)c2ccc3c(Cc4cccc(OC(C)(C)C(=O)O)c4)c(C)n(C)c3c2)cc1. The number of nitrogens with one attached hydrogen (secondary N) is 1. The Hall–Kier alpha value is -4.06. The second kappa shape index (κ2) is 12.0. The number of carbonyl (C=O) groups is 2.